The molecule has 19 heavy (non-hydrogen) atoms. The van der Waals surface area contributed by atoms with Crippen LogP contribution in [0.5, 0.6) is 0 Å². The lowest BCUT2D eigenvalue weighted by Crippen LogP contribution is -2.44. The van der Waals surface area contributed by atoms with Crippen LogP contribution < -0.4 is 10.6 Å². The number of carbonyl (C=O) groups excluding carboxylic acids is 1. The van der Waals surface area contributed by atoms with Crippen LogP contribution in [0.15, 0.2) is 18.2 Å². The molecule has 3 heteroatoms. The van der Waals surface area contributed by atoms with Crippen molar-refractivity contribution in [2.45, 2.75) is 46.1 Å². The maximum absolute atomic E-state index is 12.3. The number of piperidine rings is 1. The first kappa shape index (κ1) is 14.1. The molecule has 2 atom stereocenters. The number of carbonyl (C=O) groups is 1. The van der Waals surface area contributed by atoms with Gasteiger partial charge in [-0.25, -0.2) is 0 Å². The van der Waals surface area contributed by atoms with Gasteiger partial charge in [0.2, 0.25) is 5.91 Å². The summed E-state index contributed by atoms with van der Waals surface area (Å²) in [4.78, 5) is 12.3. The summed E-state index contributed by atoms with van der Waals surface area (Å²) in [6.07, 6.45) is 3.06. The first-order valence-electron chi connectivity index (χ1n) is 7.25. The Kier molecular flexibility index (Phi) is 4.59. The summed E-state index contributed by atoms with van der Waals surface area (Å²) >= 11 is 0. The molecule has 1 aromatic rings. The molecule has 0 spiro atoms. The normalized spacial score (nSPS) is 23.1. The van der Waals surface area contributed by atoms with Crippen molar-refractivity contribution >= 4 is 11.6 Å². The van der Waals surface area contributed by atoms with Crippen LogP contribution in [-0.4, -0.2) is 18.5 Å². The van der Waals surface area contributed by atoms with Crippen molar-refractivity contribution in [2.24, 2.45) is 5.92 Å². The van der Waals surface area contributed by atoms with Crippen LogP contribution in [-0.2, 0) is 11.2 Å². The Morgan fingerprint density at radius 1 is 1.47 bits per heavy atom. The molecule has 1 aromatic carbocycles. The molecule has 0 radical (unpaired) electrons. The highest BCUT2D eigenvalue weighted by molar-refractivity contribution is 5.93. The molecule has 0 aliphatic carbocycles. The Balaban J connectivity index is 2.05. The first-order chi connectivity index (χ1) is 9.11. The second-order valence-corrected chi connectivity index (χ2v) is 5.48. The van der Waals surface area contributed by atoms with Crippen molar-refractivity contribution in [3.05, 3.63) is 29.3 Å². The molecule has 2 unspecified atom stereocenters. The fourth-order valence-electron chi connectivity index (χ4n) is 2.77. The standard InChI is InChI=1S/C16H24N2O/c1-4-13-10-14(8-7-11(13)2)18-16(19)15-6-5-9-17-12(15)3/h7-8,10,12,15,17H,4-6,9H2,1-3H3,(H,18,19). The summed E-state index contributed by atoms with van der Waals surface area (Å²) in [5.74, 6) is 0.228. The molecular weight excluding hydrogens is 236 g/mol. The molecule has 1 aliphatic heterocycles. The van der Waals surface area contributed by atoms with E-state index in [9.17, 15) is 4.79 Å². The molecule has 1 fully saturated rings. The van der Waals surface area contributed by atoms with Gasteiger partial charge in [-0.2, -0.15) is 0 Å². The number of anilines is 1. The highest BCUT2D eigenvalue weighted by Crippen LogP contribution is 2.20. The molecule has 1 amide bonds. The number of hydrogen-bond donors (Lipinski definition) is 2. The van der Waals surface area contributed by atoms with Crippen LogP contribution in [0, 0.1) is 12.8 Å². The van der Waals surface area contributed by atoms with E-state index in [1.165, 1.54) is 11.1 Å². The molecule has 0 bridgehead atoms. The summed E-state index contributed by atoms with van der Waals surface area (Å²) in [5.41, 5.74) is 3.51. The van der Waals surface area contributed by atoms with Crippen molar-refractivity contribution in [3.8, 4) is 0 Å². The zero-order chi connectivity index (χ0) is 13.8. The second kappa shape index (κ2) is 6.20. The van der Waals surface area contributed by atoms with Gasteiger partial charge in [0.05, 0.1) is 5.92 Å². The maximum Gasteiger partial charge on any atom is 0.229 e. The Bertz CT molecular complexity index is 456. The van der Waals surface area contributed by atoms with Gasteiger partial charge in [0.25, 0.3) is 0 Å². The number of benzene rings is 1. The molecule has 0 aromatic heterocycles. The van der Waals surface area contributed by atoms with Gasteiger partial charge in [0.1, 0.15) is 0 Å². The van der Waals surface area contributed by atoms with E-state index in [0.717, 1.165) is 31.5 Å². The van der Waals surface area contributed by atoms with Crippen LogP contribution in [0.2, 0.25) is 0 Å². The lowest BCUT2D eigenvalue weighted by Gasteiger charge is -2.28. The minimum atomic E-state index is 0.0835. The predicted molar refractivity (Wildman–Crippen MR) is 79.4 cm³/mol. The molecule has 3 nitrogen and oxygen atoms in total. The number of aryl methyl sites for hydroxylation is 2. The van der Waals surface area contributed by atoms with E-state index in [4.69, 9.17) is 0 Å². The summed E-state index contributed by atoms with van der Waals surface area (Å²) < 4.78 is 0. The van der Waals surface area contributed by atoms with E-state index >= 15 is 0 Å². The van der Waals surface area contributed by atoms with E-state index in [0.29, 0.717) is 0 Å². The summed E-state index contributed by atoms with van der Waals surface area (Å²) in [5, 5.41) is 6.43. The predicted octanol–water partition coefficient (Wildman–Crippen LogP) is 2.88. The zero-order valence-corrected chi connectivity index (χ0v) is 12.1. The average molecular weight is 260 g/mol. The molecule has 2 rings (SSSR count). The molecule has 1 heterocycles. The van der Waals surface area contributed by atoms with Crippen molar-refractivity contribution in [1.82, 2.24) is 5.32 Å². The first-order valence-corrected chi connectivity index (χ1v) is 7.25. The zero-order valence-electron chi connectivity index (χ0n) is 12.1. The van der Waals surface area contributed by atoms with Crippen molar-refractivity contribution in [2.75, 3.05) is 11.9 Å². The highest BCUT2D eigenvalue weighted by atomic mass is 16.1. The fourth-order valence-corrected chi connectivity index (χ4v) is 2.77. The topological polar surface area (TPSA) is 41.1 Å². The van der Waals surface area contributed by atoms with Crippen LogP contribution >= 0.6 is 0 Å². The Morgan fingerprint density at radius 2 is 2.26 bits per heavy atom. The maximum atomic E-state index is 12.3. The lowest BCUT2D eigenvalue weighted by atomic mass is 9.91. The molecule has 1 saturated heterocycles. The largest absolute Gasteiger partial charge is 0.326 e. The van der Waals surface area contributed by atoms with E-state index in [2.05, 4.69) is 43.5 Å². The summed E-state index contributed by atoms with van der Waals surface area (Å²) in [7, 11) is 0. The third-order valence-electron chi connectivity index (χ3n) is 4.10. The second-order valence-electron chi connectivity index (χ2n) is 5.48. The van der Waals surface area contributed by atoms with Crippen molar-refractivity contribution < 1.29 is 4.79 Å². The summed E-state index contributed by atoms with van der Waals surface area (Å²) in [6.45, 7) is 7.37. The van der Waals surface area contributed by atoms with Gasteiger partial charge in [-0.05, 0) is 62.9 Å². The number of rotatable bonds is 3. The van der Waals surface area contributed by atoms with Gasteiger partial charge in [0.15, 0.2) is 0 Å². The van der Waals surface area contributed by atoms with Gasteiger partial charge < -0.3 is 10.6 Å². The van der Waals surface area contributed by atoms with Gasteiger partial charge in [-0.1, -0.05) is 13.0 Å². The Morgan fingerprint density at radius 3 is 2.95 bits per heavy atom. The van der Waals surface area contributed by atoms with E-state index in [1.54, 1.807) is 0 Å². The number of nitrogens with one attached hydrogen (secondary N) is 2. The lowest BCUT2D eigenvalue weighted by molar-refractivity contribution is -0.121. The molecule has 104 valence electrons. The minimum absolute atomic E-state index is 0.0835. The molecule has 0 saturated carbocycles. The third kappa shape index (κ3) is 3.35. The van der Waals surface area contributed by atoms with E-state index in [1.807, 2.05) is 6.07 Å². The average Bonchev–Trinajstić information content (AvgIpc) is 2.41. The van der Waals surface area contributed by atoms with Crippen LogP contribution in [0.1, 0.15) is 37.8 Å². The number of hydrogen-bond acceptors (Lipinski definition) is 2. The molecule has 2 N–H and O–H groups in total. The van der Waals surface area contributed by atoms with E-state index < -0.39 is 0 Å². The SMILES string of the molecule is CCc1cc(NC(=O)C2CCCNC2C)ccc1C. The smallest absolute Gasteiger partial charge is 0.229 e. The van der Waals surface area contributed by atoms with Crippen molar-refractivity contribution in [1.29, 1.82) is 0 Å². The Labute approximate surface area is 115 Å². The Hall–Kier alpha value is -1.35. The van der Waals surface area contributed by atoms with Crippen molar-refractivity contribution in [3.63, 3.8) is 0 Å². The van der Waals surface area contributed by atoms with Gasteiger partial charge in [0, 0.05) is 11.7 Å². The van der Waals surface area contributed by atoms with Crippen LogP contribution in [0.3, 0.4) is 0 Å². The van der Waals surface area contributed by atoms with E-state index in [-0.39, 0.29) is 17.9 Å². The minimum Gasteiger partial charge on any atom is -0.326 e. The monoisotopic (exact) mass is 260 g/mol. The van der Waals surface area contributed by atoms with Gasteiger partial charge >= 0.3 is 0 Å². The molecular formula is C16H24N2O. The third-order valence-corrected chi connectivity index (χ3v) is 4.10. The molecule has 1 aliphatic rings. The highest BCUT2D eigenvalue weighted by Gasteiger charge is 2.27. The van der Waals surface area contributed by atoms with Crippen LogP contribution in [0.25, 0.3) is 0 Å². The number of amides is 1. The van der Waals surface area contributed by atoms with Crippen LogP contribution in [0.4, 0.5) is 5.69 Å². The van der Waals surface area contributed by atoms with Gasteiger partial charge in [-0.3, -0.25) is 4.79 Å². The quantitative estimate of drug-likeness (QED) is 0.877. The van der Waals surface area contributed by atoms with Gasteiger partial charge in [-0.15, -0.1) is 0 Å². The fraction of sp³-hybridized carbons (Fsp3) is 0.562. The summed E-state index contributed by atoms with van der Waals surface area (Å²) in [6, 6.07) is 6.43.